The van der Waals surface area contributed by atoms with Crippen molar-refractivity contribution in [3.63, 3.8) is 0 Å². The molecule has 1 spiro atoms. The Morgan fingerprint density at radius 2 is 2.25 bits per heavy atom. The molecule has 2 fully saturated rings. The zero-order valence-corrected chi connectivity index (χ0v) is 12.0. The van der Waals surface area contributed by atoms with Gasteiger partial charge in [-0.3, -0.25) is 9.48 Å². The number of carbonyl (C=O) groups excluding carboxylic acids is 2. The van der Waals surface area contributed by atoms with Crippen molar-refractivity contribution in [3.8, 4) is 0 Å². The van der Waals surface area contributed by atoms with E-state index in [0.29, 0.717) is 42.6 Å². The number of aromatic nitrogens is 2. The molecule has 0 unspecified atom stereocenters. The molecule has 0 aliphatic carbocycles. The Hall–Kier alpha value is -1.76. The van der Waals surface area contributed by atoms with E-state index >= 15 is 0 Å². The molecular formula is C12H15ClN4O3. The number of alkyl carbamates (subject to hydrolysis) is 1. The molecule has 1 aromatic heterocycles. The Morgan fingerprint density at radius 3 is 2.75 bits per heavy atom. The van der Waals surface area contributed by atoms with Gasteiger partial charge in [-0.1, -0.05) is 11.6 Å². The van der Waals surface area contributed by atoms with E-state index in [9.17, 15) is 9.59 Å². The van der Waals surface area contributed by atoms with E-state index in [1.165, 1.54) is 0 Å². The zero-order valence-electron chi connectivity index (χ0n) is 11.3. The second-order valence-electron chi connectivity index (χ2n) is 5.15. The van der Waals surface area contributed by atoms with Crippen molar-refractivity contribution >= 4 is 23.6 Å². The van der Waals surface area contributed by atoms with Crippen molar-refractivity contribution in [2.75, 3.05) is 19.6 Å². The summed E-state index contributed by atoms with van der Waals surface area (Å²) in [5, 5.41) is 7.20. The number of amides is 2. The fourth-order valence-electron chi connectivity index (χ4n) is 2.64. The molecule has 1 aromatic rings. The van der Waals surface area contributed by atoms with Crippen LogP contribution in [0.25, 0.3) is 0 Å². The van der Waals surface area contributed by atoms with Crippen LogP contribution >= 0.6 is 11.6 Å². The molecule has 0 radical (unpaired) electrons. The Kier molecular flexibility index (Phi) is 2.89. The van der Waals surface area contributed by atoms with Gasteiger partial charge in [0.1, 0.15) is 5.15 Å². The minimum Gasteiger partial charge on any atom is -0.437 e. The number of carbonyl (C=O) groups is 2. The third-order valence-electron chi connectivity index (χ3n) is 3.69. The van der Waals surface area contributed by atoms with Gasteiger partial charge in [0.15, 0.2) is 5.60 Å². The van der Waals surface area contributed by atoms with E-state index in [-0.39, 0.29) is 5.91 Å². The maximum atomic E-state index is 12.4. The molecule has 3 heterocycles. The largest absolute Gasteiger partial charge is 0.437 e. The van der Waals surface area contributed by atoms with E-state index in [1.807, 2.05) is 6.92 Å². The van der Waals surface area contributed by atoms with Crippen LogP contribution in [0.3, 0.4) is 0 Å². The summed E-state index contributed by atoms with van der Waals surface area (Å²) >= 11 is 6.18. The number of hydrogen-bond acceptors (Lipinski definition) is 4. The maximum absolute atomic E-state index is 12.4. The molecule has 7 nitrogen and oxygen atoms in total. The summed E-state index contributed by atoms with van der Waals surface area (Å²) in [6.45, 7) is 5.50. The van der Waals surface area contributed by atoms with Crippen LogP contribution in [0.4, 0.5) is 4.79 Å². The molecule has 0 atom stereocenters. The van der Waals surface area contributed by atoms with E-state index in [0.717, 1.165) is 0 Å². The molecule has 20 heavy (non-hydrogen) atoms. The van der Waals surface area contributed by atoms with E-state index in [2.05, 4.69) is 10.4 Å². The number of nitrogens with zero attached hydrogens (tertiary/aromatic N) is 3. The van der Waals surface area contributed by atoms with Crippen LogP contribution in [0.2, 0.25) is 5.15 Å². The summed E-state index contributed by atoms with van der Waals surface area (Å²) in [7, 11) is 0. The first-order valence-electron chi connectivity index (χ1n) is 6.45. The summed E-state index contributed by atoms with van der Waals surface area (Å²) in [4.78, 5) is 25.1. The highest BCUT2D eigenvalue weighted by Crippen LogP contribution is 2.31. The summed E-state index contributed by atoms with van der Waals surface area (Å²) < 4.78 is 6.78. The molecule has 108 valence electrons. The smallest absolute Gasteiger partial charge is 0.408 e. The van der Waals surface area contributed by atoms with Gasteiger partial charge in [-0.25, -0.2) is 4.79 Å². The summed E-state index contributed by atoms with van der Waals surface area (Å²) in [5.74, 6) is -0.166. The zero-order chi connectivity index (χ0) is 14.5. The van der Waals surface area contributed by atoms with Crippen LogP contribution in [0.1, 0.15) is 23.0 Å². The molecule has 2 aliphatic heterocycles. The Morgan fingerprint density at radius 1 is 1.55 bits per heavy atom. The third kappa shape index (κ3) is 1.84. The monoisotopic (exact) mass is 298 g/mol. The van der Waals surface area contributed by atoms with Crippen LogP contribution < -0.4 is 5.32 Å². The first-order valence-corrected chi connectivity index (χ1v) is 6.82. The standard InChI is InChI=1S/C12H15ClN4O3/c1-3-17-9(13)8(7(2)15-17)10(18)16-5-12(6-16)4-14-11(19)20-12/h3-6H2,1-2H3,(H,14,19). The van der Waals surface area contributed by atoms with Gasteiger partial charge in [-0.05, 0) is 13.8 Å². The van der Waals surface area contributed by atoms with Crippen LogP contribution in [-0.2, 0) is 11.3 Å². The predicted molar refractivity (Wildman–Crippen MR) is 70.8 cm³/mol. The second-order valence-corrected chi connectivity index (χ2v) is 5.51. The molecule has 8 heteroatoms. The lowest BCUT2D eigenvalue weighted by molar-refractivity contribution is -0.0576. The normalized spacial score (nSPS) is 19.8. The van der Waals surface area contributed by atoms with Crippen LogP contribution in [0.15, 0.2) is 0 Å². The number of likely N-dealkylation sites (tertiary alicyclic amines) is 1. The molecule has 0 saturated carbocycles. The molecule has 2 aliphatic rings. The second kappa shape index (κ2) is 4.37. The number of hydrogen-bond donors (Lipinski definition) is 1. The molecule has 1 N–H and O–H groups in total. The first-order chi connectivity index (χ1) is 9.46. The number of ether oxygens (including phenoxy) is 1. The fourth-order valence-corrected chi connectivity index (χ4v) is 3.01. The molecule has 0 bridgehead atoms. The minimum atomic E-state index is -0.562. The summed E-state index contributed by atoms with van der Waals surface area (Å²) in [5.41, 5.74) is 0.485. The van der Waals surface area contributed by atoms with Crippen molar-refractivity contribution < 1.29 is 14.3 Å². The topological polar surface area (TPSA) is 76.5 Å². The van der Waals surface area contributed by atoms with Gasteiger partial charge >= 0.3 is 6.09 Å². The van der Waals surface area contributed by atoms with Crippen molar-refractivity contribution in [3.05, 3.63) is 16.4 Å². The van der Waals surface area contributed by atoms with E-state index < -0.39 is 11.7 Å². The average molecular weight is 299 g/mol. The van der Waals surface area contributed by atoms with Crippen molar-refractivity contribution in [1.82, 2.24) is 20.0 Å². The Bertz CT molecular complexity index is 592. The van der Waals surface area contributed by atoms with Gasteiger partial charge in [0, 0.05) is 6.54 Å². The van der Waals surface area contributed by atoms with Crippen molar-refractivity contribution in [2.45, 2.75) is 26.0 Å². The lowest BCUT2D eigenvalue weighted by atomic mass is 9.93. The lowest BCUT2D eigenvalue weighted by Gasteiger charge is -2.45. The maximum Gasteiger partial charge on any atom is 0.408 e. The average Bonchev–Trinajstić information content (AvgIpc) is 2.88. The van der Waals surface area contributed by atoms with Gasteiger partial charge in [-0.15, -0.1) is 0 Å². The van der Waals surface area contributed by atoms with Crippen LogP contribution in [0.5, 0.6) is 0 Å². The predicted octanol–water partition coefficient (Wildman–Crippen LogP) is 0.799. The Labute approximate surface area is 120 Å². The first kappa shape index (κ1) is 13.2. The lowest BCUT2D eigenvalue weighted by Crippen LogP contribution is -2.65. The molecule has 2 saturated heterocycles. The molecular weight excluding hydrogens is 284 g/mol. The highest BCUT2D eigenvalue weighted by atomic mass is 35.5. The van der Waals surface area contributed by atoms with Gasteiger partial charge in [0.05, 0.1) is 30.9 Å². The number of rotatable bonds is 2. The van der Waals surface area contributed by atoms with Crippen molar-refractivity contribution in [2.24, 2.45) is 0 Å². The SMILES string of the molecule is CCn1nc(C)c(C(=O)N2CC3(CNC(=O)O3)C2)c1Cl. The number of nitrogens with one attached hydrogen (secondary N) is 1. The Balaban J connectivity index is 1.76. The summed E-state index contributed by atoms with van der Waals surface area (Å²) in [6, 6.07) is 0. The van der Waals surface area contributed by atoms with Crippen molar-refractivity contribution in [1.29, 1.82) is 0 Å². The molecule has 0 aromatic carbocycles. The van der Waals surface area contributed by atoms with Gasteiger partial charge in [-0.2, -0.15) is 5.10 Å². The van der Waals surface area contributed by atoms with Gasteiger partial charge in [0.2, 0.25) is 0 Å². The van der Waals surface area contributed by atoms with E-state index in [4.69, 9.17) is 16.3 Å². The number of halogens is 1. The summed E-state index contributed by atoms with van der Waals surface area (Å²) in [6.07, 6.45) is -0.426. The van der Waals surface area contributed by atoms with Gasteiger partial charge in [0.25, 0.3) is 5.91 Å². The van der Waals surface area contributed by atoms with Gasteiger partial charge < -0.3 is 15.0 Å². The van der Waals surface area contributed by atoms with E-state index in [1.54, 1.807) is 16.5 Å². The van der Waals surface area contributed by atoms with Crippen LogP contribution in [-0.4, -0.2) is 51.9 Å². The molecule has 3 rings (SSSR count). The molecule has 2 amide bonds. The highest BCUT2D eigenvalue weighted by Gasteiger charge is 2.52. The fraction of sp³-hybridized carbons (Fsp3) is 0.583. The number of aryl methyl sites for hydroxylation is 2. The quantitative estimate of drug-likeness (QED) is 0.876. The minimum absolute atomic E-state index is 0.166. The van der Waals surface area contributed by atoms with Crippen LogP contribution in [0, 0.1) is 6.92 Å². The highest BCUT2D eigenvalue weighted by molar-refractivity contribution is 6.33. The third-order valence-corrected chi connectivity index (χ3v) is 4.07.